The highest BCUT2D eigenvalue weighted by Gasteiger charge is 2.17. The molecule has 0 saturated carbocycles. The monoisotopic (exact) mass is 306 g/mol. The molecule has 1 N–H and O–H groups in total. The summed E-state index contributed by atoms with van der Waals surface area (Å²) in [7, 11) is 0. The van der Waals surface area contributed by atoms with Crippen LogP contribution >= 0.6 is 15.9 Å². The summed E-state index contributed by atoms with van der Waals surface area (Å²) in [4.78, 5) is 0. The van der Waals surface area contributed by atoms with Crippen LogP contribution in [-0.2, 0) is 0 Å². The molecule has 1 aliphatic rings. The molecule has 0 amide bonds. The van der Waals surface area contributed by atoms with Gasteiger partial charge in [0.25, 0.3) is 0 Å². The molecule has 1 unspecified atom stereocenters. The fraction of sp³-hybridized carbons (Fsp3) is 0.143. The normalized spacial score (nSPS) is 14.6. The van der Waals surface area contributed by atoms with Gasteiger partial charge in [-0.2, -0.15) is 0 Å². The maximum absolute atomic E-state index is 10.3. The highest BCUT2D eigenvalue weighted by Crippen LogP contribution is 2.35. The summed E-state index contributed by atoms with van der Waals surface area (Å²) < 4.78 is 11.5. The van der Waals surface area contributed by atoms with Gasteiger partial charge in [-0.05, 0) is 35.4 Å². The van der Waals surface area contributed by atoms with Gasteiger partial charge in [0, 0.05) is 4.47 Å². The first-order chi connectivity index (χ1) is 8.74. The first kappa shape index (κ1) is 11.6. The SMILES string of the molecule is OC(c1cccc(Br)c1)c1ccc2c(c1)OCO2. The van der Waals surface area contributed by atoms with Crippen molar-refractivity contribution in [2.75, 3.05) is 6.79 Å². The van der Waals surface area contributed by atoms with Gasteiger partial charge < -0.3 is 14.6 Å². The maximum atomic E-state index is 10.3. The maximum Gasteiger partial charge on any atom is 0.231 e. The Kier molecular flexibility index (Phi) is 2.97. The molecule has 0 aromatic heterocycles. The quantitative estimate of drug-likeness (QED) is 0.925. The summed E-state index contributed by atoms with van der Waals surface area (Å²) in [6.45, 7) is 0.242. The van der Waals surface area contributed by atoms with Crippen molar-refractivity contribution in [1.82, 2.24) is 0 Å². The Balaban J connectivity index is 1.95. The third-order valence-electron chi connectivity index (χ3n) is 2.88. The van der Waals surface area contributed by atoms with Gasteiger partial charge in [-0.3, -0.25) is 0 Å². The van der Waals surface area contributed by atoms with Crippen LogP contribution in [0.5, 0.6) is 11.5 Å². The van der Waals surface area contributed by atoms with Crippen LogP contribution in [0.2, 0.25) is 0 Å². The standard InChI is InChI=1S/C14H11BrO3/c15-11-3-1-2-9(6-11)14(16)10-4-5-12-13(7-10)18-8-17-12/h1-7,14,16H,8H2. The molecule has 0 spiro atoms. The average molecular weight is 307 g/mol. The second kappa shape index (κ2) is 4.63. The fourth-order valence-electron chi connectivity index (χ4n) is 1.95. The topological polar surface area (TPSA) is 38.7 Å². The van der Waals surface area contributed by atoms with Crippen molar-refractivity contribution in [2.24, 2.45) is 0 Å². The number of hydrogen-bond donors (Lipinski definition) is 1. The van der Waals surface area contributed by atoms with E-state index < -0.39 is 6.10 Å². The van der Waals surface area contributed by atoms with Crippen molar-refractivity contribution >= 4 is 15.9 Å². The molecule has 18 heavy (non-hydrogen) atoms. The molecular formula is C14H11BrO3. The molecule has 0 bridgehead atoms. The predicted octanol–water partition coefficient (Wildman–Crippen LogP) is 3.26. The third kappa shape index (κ3) is 2.09. The lowest BCUT2D eigenvalue weighted by atomic mass is 10.0. The van der Waals surface area contributed by atoms with E-state index in [1.807, 2.05) is 42.5 Å². The van der Waals surface area contributed by atoms with Gasteiger partial charge in [0.15, 0.2) is 11.5 Å². The molecule has 0 radical (unpaired) electrons. The minimum atomic E-state index is -0.669. The van der Waals surface area contributed by atoms with E-state index in [9.17, 15) is 5.11 Å². The van der Waals surface area contributed by atoms with Gasteiger partial charge in [-0.25, -0.2) is 0 Å². The Bertz CT molecular complexity index is 583. The summed E-state index contributed by atoms with van der Waals surface area (Å²) in [6, 6.07) is 13.1. The van der Waals surface area contributed by atoms with Crippen LogP contribution in [0.3, 0.4) is 0 Å². The molecule has 4 heteroatoms. The van der Waals surface area contributed by atoms with E-state index in [1.165, 1.54) is 0 Å². The van der Waals surface area contributed by atoms with Gasteiger partial charge >= 0.3 is 0 Å². The molecule has 2 aromatic carbocycles. The largest absolute Gasteiger partial charge is 0.454 e. The number of aliphatic hydroxyl groups is 1. The summed E-state index contributed by atoms with van der Waals surface area (Å²) in [5.41, 5.74) is 1.63. The van der Waals surface area contributed by atoms with Crippen LogP contribution < -0.4 is 9.47 Å². The molecular weight excluding hydrogens is 296 g/mol. The summed E-state index contributed by atoms with van der Waals surface area (Å²) in [6.07, 6.45) is -0.669. The van der Waals surface area contributed by atoms with Crippen LogP contribution in [0.25, 0.3) is 0 Å². The number of rotatable bonds is 2. The number of hydrogen-bond acceptors (Lipinski definition) is 3. The van der Waals surface area contributed by atoms with Crippen LogP contribution in [0.1, 0.15) is 17.2 Å². The molecule has 0 saturated heterocycles. The smallest absolute Gasteiger partial charge is 0.231 e. The van der Waals surface area contributed by atoms with Crippen molar-refractivity contribution in [1.29, 1.82) is 0 Å². The van der Waals surface area contributed by atoms with Crippen molar-refractivity contribution in [3.8, 4) is 11.5 Å². The molecule has 3 nitrogen and oxygen atoms in total. The Labute approximate surface area is 113 Å². The molecule has 0 fully saturated rings. The Morgan fingerprint density at radius 3 is 2.61 bits per heavy atom. The first-order valence-electron chi connectivity index (χ1n) is 5.57. The molecule has 1 heterocycles. The minimum Gasteiger partial charge on any atom is -0.454 e. The number of ether oxygens (including phenoxy) is 2. The van der Waals surface area contributed by atoms with Crippen molar-refractivity contribution < 1.29 is 14.6 Å². The van der Waals surface area contributed by atoms with Gasteiger partial charge in [-0.15, -0.1) is 0 Å². The van der Waals surface area contributed by atoms with E-state index >= 15 is 0 Å². The third-order valence-corrected chi connectivity index (χ3v) is 3.37. The van der Waals surface area contributed by atoms with E-state index in [2.05, 4.69) is 15.9 Å². The molecule has 1 aliphatic heterocycles. The highest BCUT2D eigenvalue weighted by atomic mass is 79.9. The Morgan fingerprint density at radius 1 is 1.00 bits per heavy atom. The number of benzene rings is 2. The lowest BCUT2D eigenvalue weighted by molar-refractivity contribution is 0.173. The van der Waals surface area contributed by atoms with Crippen LogP contribution in [-0.4, -0.2) is 11.9 Å². The van der Waals surface area contributed by atoms with Crippen molar-refractivity contribution in [2.45, 2.75) is 6.10 Å². The molecule has 2 aromatic rings. The van der Waals surface area contributed by atoms with Gasteiger partial charge in [0.2, 0.25) is 6.79 Å². The summed E-state index contributed by atoms with van der Waals surface area (Å²) in [5.74, 6) is 1.40. The van der Waals surface area contributed by atoms with Crippen molar-refractivity contribution in [3.05, 3.63) is 58.1 Å². The highest BCUT2D eigenvalue weighted by molar-refractivity contribution is 9.10. The van der Waals surface area contributed by atoms with E-state index in [4.69, 9.17) is 9.47 Å². The molecule has 1 atom stereocenters. The van der Waals surface area contributed by atoms with Gasteiger partial charge in [-0.1, -0.05) is 34.1 Å². The zero-order valence-electron chi connectivity index (χ0n) is 9.47. The van der Waals surface area contributed by atoms with E-state index in [-0.39, 0.29) is 6.79 Å². The van der Waals surface area contributed by atoms with E-state index in [0.29, 0.717) is 5.75 Å². The van der Waals surface area contributed by atoms with Gasteiger partial charge in [0.1, 0.15) is 6.10 Å². The average Bonchev–Trinajstić information content (AvgIpc) is 2.85. The summed E-state index contributed by atoms with van der Waals surface area (Å²) in [5, 5.41) is 10.3. The number of aliphatic hydroxyl groups excluding tert-OH is 1. The molecule has 0 aliphatic carbocycles. The fourth-order valence-corrected chi connectivity index (χ4v) is 2.37. The zero-order valence-corrected chi connectivity index (χ0v) is 11.1. The van der Waals surface area contributed by atoms with Crippen LogP contribution in [0, 0.1) is 0 Å². The Hall–Kier alpha value is -1.52. The molecule has 92 valence electrons. The minimum absolute atomic E-state index is 0.242. The lowest BCUT2D eigenvalue weighted by Gasteiger charge is -2.12. The molecule has 3 rings (SSSR count). The lowest BCUT2D eigenvalue weighted by Crippen LogP contribution is -1.99. The van der Waals surface area contributed by atoms with Crippen molar-refractivity contribution in [3.63, 3.8) is 0 Å². The van der Waals surface area contributed by atoms with Crippen LogP contribution in [0.4, 0.5) is 0 Å². The first-order valence-corrected chi connectivity index (χ1v) is 6.36. The van der Waals surface area contributed by atoms with Gasteiger partial charge in [0.05, 0.1) is 0 Å². The number of fused-ring (bicyclic) bond motifs is 1. The van der Waals surface area contributed by atoms with E-state index in [0.717, 1.165) is 21.3 Å². The van der Waals surface area contributed by atoms with Crippen LogP contribution in [0.15, 0.2) is 46.9 Å². The Morgan fingerprint density at radius 2 is 1.78 bits per heavy atom. The van der Waals surface area contributed by atoms with E-state index in [1.54, 1.807) is 0 Å². The predicted molar refractivity (Wildman–Crippen MR) is 70.8 cm³/mol. The zero-order chi connectivity index (χ0) is 12.5. The number of halogens is 1. The second-order valence-electron chi connectivity index (χ2n) is 4.07. The second-order valence-corrected chi connectivity index (χ2v) is 4.99. The summed E-state index contributed by atoms with van der Waals surface area (Å²) >= 11 is 3.40.